The molecule has 0 atom stereocenters. The molecule has 1 aromatic heterocycles. The van der Waals surface area contributed by atoms with E-state index in [0.29, 0.717) is 7.18 Å². The number of alkyl halides is 1. The van der Waals surface area contributed by atoms with Gasteiger partial charge >= 0.3 is 0 Å². The Bertz CT molecular complexity index is 1070. The molecule has 0 fully saturated rings. The minimum Gasteiger partial charge on any atom is -0.493 e. The molecule has 4 rings (SSSR count). The smallest absolute Gasteiger partial charge is 0.161 e. The van der Waals surface area contributed by atoms with E-state index in [4.69, 9.17) is 9.47 Å². The third-order valence-electron chi connectivity index (χ3n) is 4.40. The summed E-state index contributed by atoms with van der Waals surface area (Å²) in [6, 6.07) is 27.1. The highest BCUT2D eigenvalue weighted by atomic mass is 19.1. The van der Waals surface area contributed by atoms with E-state index < -0.39 is 0 Å². The van der Waals surface area contributed by atoms with Crippen molar-refractivity contribution in [3.63, 3.8) is 0 Å². The first-order valence-corrected chi connectivity index (χ1v) is 10.6. The first-order valence-electron chi connectivity index (χ1n) is 10.6. The van der Waals surface area contributed by atoms with E-state index >= 15 is 0 Å². The molecule has 4 aromatic rings. The Balaban J connectivity index is 0.000000662. The molecular formula is C28H34FNO2. The Morgan fingerprint density at radius 2 is 1.34 bits per heavy atom. The molecule has 0 saturated heterocycles. The van der Waals surface area contributed by atoms with E-state index in [1.807, 2.05) is 39.0 Å². The molecule has 0 unspecified atom stereocenters. The van der Waals surface area contributed by atoms with Crippen LogP contribution in [0.1, 0.15) is 20.8 Å². The maximum absolute atomic E-state index is 9.50. The molecule has 1 heterocycles. The maximum atomic E-state index is 9.50. The molecule has 0 bridgehead atoms. The summed E-state index contributed by atoms with van der Waals surface area (Å²) in [5, 5.41) is 1.20. The third-order valence-corrected chi connectivity index (χ3v) is 4.40. The molecule has 0 amide bonds. The van der Waals surface area contributed by atoms with Gasteiger partial charge in [0.2, 0.25) is 0 Å². The number of methoxy groups -OCH3 is 2. The zero-order valence-electron chi connectivity index (χ0n) is 19.9. The van der Waals surface area contributed by atoms with Crippen LogP contribution in [0.15, 0.2) is 91.5 Å². The third kappa shape index (κ3) is 6.24. The first kappa shape index (κ1) is 26.5. The summed E-state index contributed by atoms with van der Waals surface area (Å²) in [5.74, 6) is 1.46. The molecule has 0 saturated carbocycles. The lowest BCUT2D eigenvalue weighted by Gasteiger charge is -2.13. The van der Waals surface area contributed by atoms with Gasteiger partial charge in [0.05, 0.1) is 32.6 Å². The topological polar surface area (TPSA) is 23.4 Å². The van der Waals surface area contributed by atoms with Gasteiger partial charge < -0.3 is 14.0 Å². The maximum Gasteiger partial charge on any atom is 0.161 e. The molecule has 0 aliphatic heterocycles. The second-order valence-electron chi connectivity index (χ2n) is 6.24. The number of allylic oxidation sites excluding steroid dienone is 1. The van der Waals surface area contributed by atoms with Gasteiger partial charge in [-0.3, -0.25) is 4.39 Å². The zero-order chi connectivity index (χ0) is 23.9. The predicted octanol–water partition coefficient (Wildman–Crippen LogP) is 8.12. The van der Waals surface area contributed by atoms with Gasteiger partial charge in [-0.05, 0) is 49.4 Å². The molecule has 0 aliphatic carbocycles. The standard InChI is InChI=1S/C22H19NO2.C3H6.C2H6.CH3F/c1-24-21-13-12-17(15-22(21)25-2)20-14-16-8-6-7-11-19(16)23(20)18-9-4-3-5-10-18;1-3-2;2*1-2/h3-15H,1-2H3;3H,1H2,2H3;1-2H3;1H3. The van der Waals surface area contributed by atoms with Gasteiger partial charge in [0.15, 0.2) is 11.5 Å². The van der Waals surface area contributed by atoms with Gasteiger partial charge in [-0.1, -0.05) is 56.3 Å². The van der Waals surface area contributed by atoms with Crippen LogP contribution in [0.2, 0.25) is 0 Å². The Morgan fingerprint density at radius 3 is 1.94 bits per heavy atom. The SMILES string of the molecule is C=CC.CC.CF.COc1ccc(-c2cc3ccccc3n2-c2ccccc2)cc1OC. The Kier molecular flexibility index (Phi) is 12.0. The fourth-order valence-corrected chi connectivity index (χ4v) is 3.22. The largest absolute Gasteiger partial charge is 0.493 e. The quantitative estimate of drug-likeness (QED) is 0.302. The molecule has 0 N–H and O–H groups in total. The molecule has 0 spiro atoms. The van der Waals surface area contributed by atoms with Gasteiger partial charge in [0.25, 0.3) is 0 Å². The number of hydrogen-bond acceptors (Lipinski definition) is 2. The van der Waals surface area contributed by atoms with E-state index in [0.717, 1.165) is 28.4 Å². The van der Waals surface area contributed by atoms with E-state index in [2.05, 4.69) is 71.8 Å². The number of nitrogens with zero attached hydrogens (tertiary/aromatic N) is 1. The van der Waals surface area contributed by atoms with Crippen LogP contribution in [-0.4, -0.2) is 26.0 Å². The fraction of sp³-hybridized carbons (Fsp3) is 0.214. The summed E-state index contributed by atoms with van der Waals surface area (Å²) in [6.45, 7) is 9.25. The molecule has 4 heteroatoms. The predicted molar refractivity (Wildman–Crippen MR) is 136 cm³/mol. The van der Waals surface area contributed by atoms with Crippen LogP contribution < -0.4 is 9.47 Å². The first-order chi connectivity index (χ1) is 15.7. The number of ether oxygens (including phenoxy) is 2. The average Bonchev–Trinajstić information content (AvgIpc) is 3.26. The van der Waals surface area contributed by atoms with Gasteiger partial charge in [0, 0.05) is 16.6 Å². The number of para-hydroxylation sites is 2. The van der Waals surface area contributed by atoms with Crippen molar-refractivity contribution in [2.24, 2.45) is 0 Å². The van der Waals surface area contributed by atoms with Crippen LogP contribution in [0.4, 0.5) is 4.39 Å². The van der Waals surface area contributed by atoms with Crippen molar-refractivity contribution in [1.29, 1.82) is 0 Å². The van der Waals surface area contributed by atoms with Crippen molar-refractivity contribution in [2.75, 3.05) is 21.4 Å². The molecule has 0 radical (unpaired) electrons. The van der Waals surface area contributed by atoms with E-state index in [1.165, 1.54) is 10.9 Å². The highest BCUT2D eigenvalue weighted by molar-refractivity contribution is 5.89. The Labute approximate surface area is 191 Å². The fourth-order valence-electron chi connectivity index (χ4n) is 3.22. The molecule has 32 heavy (non-hydrogen) atoms. The lowest BCUT2D eigenvalue weighted by molar-refractivity contribution is 0.355. The van der Waals surface area contributed by atoms with Crippen LogP contribution in [0.5, 0.6) is 11.5 Å². The van der Waals surface area contributed by atoms with E-state index in [1.54, 1.807) is 20.3 Å². The van der Waals surface area contributed by atoms with Crippen molar-refractivity contribution in [3.05, 3.63) is 91.5 Å². The lowest BCUT2D eigenvalue weighted by atomic mass is 10.1. The average molecular weight is 436 g/mol. The van der Waals surface area contributed by atoms with Gasteiger partial charge in [0.1, 0.15) is 0 Å². The summed E-state index contributed by atoms with van der Waals surface area (Å²) in [6.07, 6.45) is 1.75. The Morgan fingerprint density at radius 1 is 0.781 bits per heavy atom. The zero-order valence-corrected chi connectivity index (χ0v) is 19.9. The summed E-state index contributed by atoms with van der Waals surface area (Å²) in [5.41, 5.74) is 4.51. The van der Waals surface area contributed by atoms with Gasteiger partial charge in [-0.15, -0.1) is 6.58 Å². The number of benzene rings is 3. The highest BCUT2D eigenvalue weighted by Crippen LogP contribution is 2.36. The van der Waals surface area contributed by atoms with Crippen molar-refractivity contribution in [3.8, 4) is 28.4 Å². The van der Waals surface area contributed by atoms with E-state index in [9.17, 15) is 4.39 Å². The normalized spacial score (nSPS) is 9.22. The number of rotatable bonds is 4. The van der Waals surface area contributed by atoms with Gasteiger partial charge in [-0.2, -0.15) is 0 Å². The van der Waals surface area contributed by atoms with Crippen LogP contribution in [0.3, 0.4) is 0 Å². The molecule has 3 nitrogen and oxygen atoms in total. The number of halogens is 1. The number of aromatic nitrogens is 1. The summed E-state index contributed by atoms with van der Waals surface area (Å²) in [7, 11) is 3.81. The number of hydrogen-bond donors (Lipinski definition) is 0. The minimum absolute atomic E-state index is 0.500. The second-order valence-corrected chi connectivity index (χ2v) is 6.24. The van der Waals surface area contributed by atoms with Crippen LogP contribution in [0, 0.1) is 0 Å². The van der Waals surface area contributed by atoms with E-state index in [-0.39, 0.29) is 0 Å². The van der Waals surface area contributed by atoms with Crippen molar-refractivity contribution < 1.29 is 13.9 Å². The molecular weight excluding hydrogens is 401 g/mol. The summed E-state index contributed by atoms with van der Waals surface area (Å²) < 4.78 is 22.6. The van der Waals surface area contributed by atoms with Crippen molar-refractivity contribution in [2.45, 2.75) is 20.8 Å². The summed E-state index contributed by atoms with van der Waals surface area (Å²) >= 11 is 0. The summed E-state index contributed by atoms with van der Waals surface area (Å²) in [4.78, 5) is 0. The van der Waals surface area contributed by atoms with Crippen molar-refractivity contribution >= 4 is 10.9 Å². The molecule has 3 aromatic carbocycles. The second kappa shape index (κ2) is 14.5. The Hall–Kier alpha value is -3.53. The monoisotopic (exact) mass is 435 g/mol. The highest BCUT2D eigenvalue weighted by Gasteiger charge is 2.14. The minimum atomic E-state index is 0.500. The number of fused-ring (bicyclic) bond motifs is 1. The van der Waals surface area contributed by atoms with Crippen molar-refractivity contribution in [1.82, 2.24) is 4.57 Å². The van der Waals surface area contributed by atoms with Crippen LogP contribution in [0.25, 0.3) is 27.8 Å². The van der Waals surface area contributed by atoms with Gasteiger partial charge in [-0.25, -0.2) is 0 Å². The molecule has 0 aliphatic rings. The lowest BCUT2D eigenvalue weighted by Crippen LogP contribution is -1.97. The van der Waals surface area contributed by atoms with Crippen LogP contribution in [-0.2, 0) is 0 Å². The molecule has 170 valence electrons. The van der Waals surface area contributed by atoms with Crippen LogP contribution >= 0.6 is 0 Å².